The molecule has 0 aliphatic carbocycles. The van der Waals surface area contributed by atoms with Gasteiger partial charge in [0, 0.05) is 24.9 Å². The summed E-state index contributed by atoms with van der Waals surface area (Å²) < 4.78 is 5.76. The van der Waals surface area contributed by atoms with Gasteiger partial charge in [0.2, 0.25) is 0 Å². The van der Waals surface area contributed by atoms with Gasteiger partial charge in [0.25, 0.3) is 0 Å². The van der Waals surface area contributed by atoms with Crippen molar-refractivity contribution < 1.29 is 4.74 Å². The summed E-state index contributed by atoms with van der Waals surface area (Å²) in [6, 6.07) is 8.89. The molecule has 0 bridgehead atoms. The Labute approximate surface area is 109 Å². The van der Waals surface area contributed by atoms with Crippen LogP contribution in [0, 0.1) is 0 Å². The summed E-state index contributed by atoms with van der Waals surface area (Å²) >= 11 is 0. The molecule has 2 unspecified atom stereocenters. The fourth-order valence-electron chi connectivity index (χ4n) is 3.24. The van der Waals surface area contributed by atoms with Gasteiger partial charge in [0.05, 0.1) is 6.10 Å². The van der Waals surface area contributed by atoms with Crippen LogP contribution >= 0.6 is 0 Å². The normalized spacial score (nSPS) is 28.9. The van der Waals surface area contributed by atoms with E-state index in [2.05, 4.69) is 23.1 Å². The monoisotopic (exact) mass is 246 g/mol. The minimum absolute atomic E-state index is 0.451. The summed E-state index contributed by atoms with van der Waals surface area (Å²) in [5.74, 6) is 0. The average molecular weight is 246 g/mol. The second-order valence-corrected chi connectivity index (χ2v) is 5.46. The van der Waals surface area contributed by atoms with Crippen LogP contribution in [0.4, 0.5) is 5.69 Å². The molecule has 2 aliphatic heterocycles. The summed E-state index contributed by atoms with van der Waals surface area (Å²) in [5.41, 5.74) is 8.13. The van der Waals surface area contributed by atoms with Crippen LogP contribution in [0.2, 0.25) is 0 Å². The van der Waals surface area contributed by atoms with Crippen LogP contribution in [-0.4, -0.2) is 30.7 Å². The quantitative estimate of drug-likeness (QED) is 0.833. The summed E-state index contributed by atoms with van der Waals surface area (Å²) in [4.78, 5) is 2.57. The minimum Gasteiger partial charge on any atom is -0.399 e. The molecule has 1 aromatic rings. The second-order valence-electron chi connectivity index (χ2n) is 5.46. The lowest BCUT2D eigenvalue weighted by Gasteiger charge is -2.27. The SMILES string of the molecule is Nc1cccc(C2CCCN2CC2CCCO2)c1. The number of anilines is 1. The van der Waals surface area contributed by atoms with E-state index in [1.54, 1.807) is 0 Å². The molecule has 2 heterocycles. The van der Waals surface area contributed by atoms with Crippen molar-refractivity contribution in [3.63, 3.8) is 0 Å². The van der Waals surface area contributed by atoms with Crippen molar-refractivity contribution in [2.24, 2.45) is 0 Å². The number of benzene rings is 1. The van der Waals surface area contributed by atoms with E-state index in [0.717, 1.165) is 18.8 Å². The van der Waals surface area contributed by atoms with E-state index in [1.165, 1.54) is 37.8 Å². The molecule has 2 saturated heterocycles. The minimum atomic E-state index is 0.451. The summed E-state index contributed by atoms with van der Waals surface area (Å²) in [6.45, 7) is 3.22. The van der Waals surface area contributed by atoms with Gasteiger partial charge in [-0.1, -0.05) is 12.1 Å². The number of ether oxygens (including phenoxy) is 1. The zero-order valence-corrected chi connectivity index (χ0v) is 10.8. The maximum absolute atomic E-state index is 5.89. The summed E-state index contributed by atoms with van der Waals surface area (Å²) in [5, 5.41) is 0. The molecule has 0 spiro atoms. The highest BCUT2D eigenvalue weighted by atomic mass is 16.5. The first kappa shape index (κ1) is 12.0. The third-order valence-electron chi connectivity index (χ3n) is 4.12. The van der Waals surface area contributed by atoms with Crippen LogP contribution in [-0.2, 0) is 4.74 Å². The van der Waals surface area contributed by atoms with E-state index >= 15 is 0 Å². The Morgan fingerprint density at radius 1 is 1.28 bits per heavy atom. The molecule has 2 aliphatic rings. The molecule has 0 aromatic heterocycles. The van der Waals surface area contributed by atoms with Crippen LogP contribution in [0.15, 0.2) is 24.3 Å². The smallest absolute Gasteiger partial charge is 0.0703 e. The molecular weight excluding hydrogens is 224 g/mol. The van der Waals surface area contributed by atoms with Crippen LogP contribution in [0.1, 0.15) is 37.3 Å². The van der Waals surface area contributed by atoms with Crippen molar-refractivity contribution in [3.8, 4) is 0 Å². The molecule has 18 heavy (non-hydrogen) atoms. The van der Waals surface area contributed by atoms with Gasteiger partial charge in [0.15, 0.2) is 0 Å². The average Bonchev–Trinajstić information content (AvgIpc) is 3.01. The fraction of sp³-hybridized carbons (Fsp3) is 0.600. The standard InChI is InChI=1S/C15H22N2O/c16-13-5-1-4-12(10-13)15-7-2-8-17(15)11-14-6-3-9-18-14/h1,4-5,10,14-15H,2-3,6-9,11,16H2. The highest BCUT2D eigenvalue weighted by molar-refractivity contribution is 5.41. The van der Waals surface area contributed by atoms with Gasteiger partial charge in [-0.3, -0.25) is 4.90 Å². The zero-order chi connectivity index (χ0) is 12.4. The fourth-order valence-corrected chi connectivity index (χ4v) is 3.24. The van der Waals surface area contributed by atoms with Crippen LogP contribution in [0.5, 0.6) is 0 Å². The zero-order valence-electron chi connectivity index (χ0n) is 10.8. The molecular formula is C15H22N2O. The molecule has 2 atom stereocenters. The number of likely N-dealkylation sites (tertiary alicyclic amines) is 1. The maximum Gasteiger partial charge on any atom is 0.0703 e. The van der Waals surface area contributed by atoms with Crippen molar-refractivity contribution in [2.45, 2.75) is 37.8 Å². The first-order chi connectivity index (χ1) is 8.83. The van der Waals surface area contributed by atoms with E-state index < -0.39 is 0 Å². The number of hydrogen-bond donors (Lipinski definition) is 1. The molecule has 2 fully saturated rings. The van der Waals surface area contributed by atoms with Gasteiger partial charge >= 0.3 is 0 Å². The van der Waals surface area contributed by atoms with E-state index in [1.807, 2.05) is 6.07 Å². The molecule has 0 radical (unpaired) electrons. The van der Waals surface area contributed by atoms with Gasteiger partial charge in [-0.05, 0) is 49.9 Å². The van der Waals surface area contributed by atoms with E-state index in [-0.39, 0.29) is 0 Å². The first-order valence-electron chi connectivity index (χ1n) is 7.04. The van der Waals surface area contributed by atoms with Crippen molar-refractivity contribution in [3.05, 3.63) is 29.8 Å². The van der Waals surface area contributed by atoms with Crippen LogP contribution < -0.4 is 5.73 Å². The topological polar surface area (TPSA) is 38.5 Å². The van der Waals surface area contributed by atoms with Gasteiger partial charge < -0.3 is 10.5 Å². The Bertz CT molecular complexity index is 401. The number of nitrogens with zero attached hydrogens (tertiary/aromatic N) is 1. The lowest BCUT2D eigenvalue weighted by molar-refractivity contribution is 0.0689. The lowest BCUT2D eigenvalue weighted by Crippen LogP contribution is -2.31. The van der Waals surface area contributed by atoms with Gasteiger partial charge in [-0.15, -0.1) is 0 Å². The first-order valence-corrected chi connectivity index (χ1v) is 7.04. The van der Waals surface area contributed by atoms with Crippen molar-refractivity contribution in [1.82, 2.24) is 4.90 Å². The van der Waals surface area contributed by atoms with E-state index in [9.17, 15) is 0 Å². The predicted octanol–water partition coefficient (Wildman–Crippen LogP) is 2.58. The Balaban J connectivity index is 1.70. The molecule has 0 amide bonds. The van der Waals surface area contributed by atoms with Crippen molar-refractivity contribution in [1.29, 1.82) is 0 Å². The van der Waals surface area contributed by atoms with Crippen LogP contribution in [0.3, 0.4) is 0 Å². The van der Waals surface area contributed by atoms with Crippen molar-refractivity contribution >= 4 is 5.69 Å². The molecule has 3 heteroatoms. The number of nitrogen functional groups attached to an aromatic ring is 1. The van der Waals surface area contributed by atoms with E-state index in [0.29, 0.717) is 12.1 Å². The van der Waals surface area contributed by atoms with Gasteiger partial charge in [0.1, 0.15) is 0 Å². The molecule has 1 aromatic carbocycles. The largest absolute Gasteiger partial charge is 0.399 e. The molecule has 3 nitrogen and oxygen atoms in total. The second kappa shape index (κ2) is 5.29. The predicted molar refractivity (Wildman–Crippen MR) is 73.4 cm³/mol. The van der Waals surface area contributed by atoms with Gasteiger partial charge in [-0.2, -0.15) is 0 Å². The molecule has 2 N–H and O–H groups in total. The number of nitrogens with two attached hydrogens (primary N) is 1. The van der Waals surface area contributed by atoms with Gasteiger partial charge in [-0.25, -0.2) is 0 Å². The summed E-state index contributed by atoms with van der Waals surface area (Å²) in [6.07, 6.45) is 5.43. The number of hydrogen-bond acceptors (Lipinski definition) is 3. The third-order valence-corrected chi connectivity index (χ3v) is 4.12. The molecule has 0 saturated carbocycles. The number of rotatable bonds is 3. The molecule has 3 rings (SSSR count). The van der Waals surface area contributed by atoms with E-state index in [4.69, 9.17) is 10.5 Å². The molecule has 98 valence electrons. The highest BCUT2D eigenvalue weighted by Crippen LogP contribution is 2.33. The van der Waals surface area contributed by atoms with Crippen LogP contribution in [0.25, 0.3) is 0 Å². The summed E-state index contributed by atoms with van der Waals surface area (Å²) in [7, 11) is 0. The Kier molecular flexibility index (Phi) is 3.52. The Hall–Kier alpha value is -1.06. The third kappa shape index (κ3) is 2.52. The lowest BCUT2D eigenvalue weighted by atomic mass is 10.0. The Morgan fingerprint density at radius 2 is 2.22 bits per heavy atom. The van der Waals surface area contributed by atoms with Crippen molar-refractivity contribution in [2.75, 3.05) is 25.4 Å². The Morgan fingerprint density at radius 3 is 3.00 bits per heavy atom. The maximum atomic E-state index is 5.89. The highest BCUT2D eigenvalue weighted by Gasteiger charge is 2.29.